The molecule has 0 radical (unpaired) electrons. The van der Waals surface area contributed by atoms with Crippen LogP contribution < -0.4 is 5.32 Å². The quantitative estimate of drug-likeness (QED) is 0.892. The van der Waals surface area contributed by atoms with Crippen LogP contribution in [0, 0.1) is 5.82 Å². The van der Waals surface area contributed by atoms with Crippen molar-refractivity contribution in [2.45, 2.75) is 18.9 Å². The number of likely N-dealkylation sites (N-methyl/N-ethyl adjacent to an activating group) is 1. The van der Waals surface area contributed by atoms with Gasteiger partial charge in [-0.25, -0.2) is 4.39 Å². The van der Waals surface area contributed by atoms with Crippen LogP contribution in [-0.2, 0) is 0 Å². The molecule has 0 saturated carbocycles. The van der Waals surface area contributed by atoms with Gasteiger partial charge in [0, 0.05) is 17.1 Å². The molecule has 0 aliphatic carbocycles. The number of hydrogen-bond donors (Lipinski definition) is 1. The van der Waals surface area contributed by atoms with Crippen LogP contribution in [0.3, 0.4) is 0 Å². The second-order valence-corrected chi connectivity index (χ2v) is 5.75. The summed E-state index contributed by atoms with van der Waals surface area (Å²) >= 11 is 9.38. The van der Waals surface area contributed by atoms with Crippen LogP contribution in [0.1, 0.15) is 12.8 Å². The molecule has 1 atom stereocenters. The Hall–Kier alpha value is -0.320. The lowest BCUT2D eigenvalue weighted by atomic mass is 10.1. The van der Waals surface area contributed by atoms with Crippen molar-refractivity contribution in [1.29, 1.82) is 0 Å². The van der Waals surface area contributed by atoms with Gasteiger partial charge in [0.2, 0.25) is 0 Å². The minimum Gasteiger partial charge on any atom is -0.379 e. The first-order chi connectivity index (χ1) is 8.06. The first-order valence-corrected chi connectivity index (χ1v) is 6.83. The van der Waals surface area contributed by atoms with Gasteiger partial charge in [-0.2, -0.15) is 0 Å². The fraction of sp³-hybridized carbons (Fsp3) is 0.500. The van der Waals surface area contributed by atoms with Gasteiger partial charge in [0.05, 0.1) is 10.7 Å². The highest BCUT2D eigenvalue weighted by Crippen LogP contribution is 2.33. The van der Waals surface area contributed by atoms with Crippen molar-refractivity contribution in [2.24, 2.45) is 0 Å². The normalized spacial score (nSPS) is 21.5. The van der Waals surface area contributed by atoms with Gasteiger partial charge in [-0.3, -0.25) is 0 Å². The van der Waals surface area contributed by atoms with Crippen LogP contribution in [0.15, 0.2) is 16.6 Å². The highest BCUT2D eigenvalue weighted by Gasteiger charge is 2.19. The van der Waals surface area contributed by atoms with E-state index in [-0.39, 0.29) is 5.82 Å². The van der Waals surface area contributed by atoms with Crippen LogP contribution in [0.4, 0.5) is 10.1 Å². The third kappa shape index (κ3) is 3.33. The van der Waals surface area contributed by atoms with Crippen molar-refractivity contribution < 1.29 is 4.39 Å². The summed E-state index contributed by atoms with van der Waals surface area (Å²) in [5.74, 6) is -0.326. The van der Waals surface area contributed by atoms with E-state index >= 15 is 0 Å². The van der Waals surface area contributed by atoms with Crippen LogP contribution >= 0.6 is 27.5 Å². The van der Waals surface area contributed by atoms with E-state index in [1.54, 1.807) is 0 Å². The molecule has 2 nitrogen and oxygen atoms in total. The molecule has 0 aromatic heterocycles. The molecule has 2 rings (SSSR count). The van der Waals surface area contributed by atoms with Gasteiger partial charge in [-0.05, 0) is 54.5 Å². The van der Waals surface area contributed by atoms with Gasteiger partial charge in [0.15, 0.2) is 0 Å². The predicted molar refractivity (Wildman–Crippen MR) is 73.3 cm³/mol. The summed E-state index contributed by atoms with van der Waals surface area (Å²) in [6.45, 7) is 2.12. The highest BCUT2D eigenvalue weighted by atomic mass is 79.9. The molecule has 94 valence electrons. The lowest BCUT2D eigenvalue weighted by molar-refractivity contribution is 0.261. The summed E-state index contributed by atoms with van der Waals surface area (Å²) in [4.78, 5) is 2.28. The van der Waals surface area contributed by atoms with Crippen molar-refractivity contribution in [3.8, 4) is 0 Å². The first-order valence-electron chi connectivity index (χ1n) is 5.66. The number of nitrogens with one attached hydrogen (secondary N) is 1. The Bertz CT molecular complexity index is 390. The molecule has 0 bridgehead atoms. The Morgan fingerprint density at radius 3 is 2.94 bits per heavy atom. The third-order valence-corrected chi connectivity index (χ3v) is 3.90. The predicted octanol–water partition coefficient (Wildman–Crippen LogP) is 3.75. The summed E-state index contributed by atoms with van der Waals surface area (Å²) in [5, 5.41) is 3.81. The molecule has 1 unspecified atom stereocenters. The minimum atomic E-state index is -0.326. The second kappa shape index (κ2) is 5.55. The van der Waals surface area contributed by atoms with E-state index in [0.717, 1.165) is 25.2 Å². The van der Waals surface area contributed by atoms with Gasteiger partial charge >= 0.3 is 0 Å². The second-order valence-electron chi connectivity index (χ2n) is 4.49. The number of rotatable bonds is 2. The summed E-state index contributed by atoms with van der Waals surface area (Å²) < 4.78 is 13.8. The summed E-state index contributed by atoms with van der Waals surface area (Å²) in [7, 11) is 2.11. The van der Waals surface area contributed by atoms with Crippen molar-refractivity contribution in [3.63, 3.8) is 0 Å². The van der Waals surface area contributed by atoms with Crippen molar-refractivity contribution >= 4 is 33.2 Å². The van der Waals surface area contributed by atoms with Gasteiger partial charge in [-0.1, -0.05) is 11.6 Å². The van der Waals surface area contributed by atoms with Crippen molar-refractivity contribution in [3.05, 3.63) is 27.4 Å². The summed E-state index contributed by atoms with van der Waals surface area (Å²) in [6, 6.07) is 3.13. The molecule has 1 aliphatic heterocycles. The molecule has 0 amide bonds. The zero-order valence-corrected chi connectivity index (χ0v) is 12.0. The molecule has 1 heterocycles. The monoisotopic (exact) mass is 320 g/mol. The average molecular weight is 322 g/mol. The number of benzene rings is 1. The zero-order valence-electron chi connectivity index (χ0n) is 9.64. The Balaban J connectivity index is 2.12. The van der Waals surface area contributed by atoms with Gasteiger partial charge < -0.3 is 10.2 Å². The maximum atomic E-state index is 13.1. The first kappa shape index (κ1) is 13.1. The lowest BCUT2D eigenvalue weighted by Crippen LogP contribution is -2.39. The van der Waals surface area contributed by atoms with Crippen LogP contribution in [-0.4, -0.2) is 31.1 Å². The fourth-order valence-electron chi connectivity index (χ4n) is 2.17. The molecular formula is C12H15BrClFN2. The number of nitrogens with zero attached hydrogens (tertiary/aromatic N) is 1. The molecule has 17 heavy (non-hydrogen) atoms. The van der Waals surface area contributed by atoms with E-state index in [0.29, 0.717) is 15.5 Å². The van der Waals surface area contributed by atoms with Crippen molar-refractivity contribution in [1.82, 2.24) is 4.90 Å². The molecule has 1 aliphatic rings. The zero-order chi connectivity index (χ0) is 12.4. The van der Waals surface area contributed by atoms with E-state index in [9.17, 15) is 4.39 Å². The smallest absolute Gasteiger partial charge is 0.125 e. The van der Waals surface area contributed by atoms with Crippen molar-refractivity contribution in [2.75, 3.05) is 25.5 Å². The van der Waals surface area contributed by atoms with Gasteiger partial charge in [0.25, 0.3) is 0 Å². The third-order valence-electron chi connectivity index (χ3n) is 2.98. The molecular weight excluding hydrogens is 307 g/mol. The van der Waals surface area contributed by atoms with E-state index in [2.05, 4.69) is 33.2 Å². The van der Waals surface area contributed by atoms with Crippen LogP contribution in [0.25, 0.3) is 0 Å². The number of halogens is 3. The Morgan fingerprint density at radius 2 is 2.29 bits per heavy atom. The maximum Gasteiger partial charge on any atom is 0.125 e. The molecule has 1 saturated heterocycles. The van der Waals surface area contributed by atoms with Gasteiger partial charge in [0.1, 0.15) is 5.82 Å². The highest BCUT2D eigenvalue weighted by molar-refractivity contribution is 9.10. The Kier molecular flexibility index (Phi) is 4.28. The topological polar surface area (TPSA) is 15.3 Å². The maximum absolute atomic E-state index is 13.1. The average Bonchev–Trinajstić information content (AvgIpc) is 2.23. The van der Waals surface area contributed by atoms with Gasteiger partial charge in [-0.15, -0.1) is 0 Å². The standard InChI is InChI=1S/C12H15BrClFN2/c1-17-4-2-3-9(7-17)16-12-10(13)5-8(15)6-11(12)14/h5-6,9,16H,2-4,7H2,1H3. The van der Waals surface area contributed by atoms with E-state index < -0.39 is 0 Å². The van der Waals surface area contributed by atoms with Crippen LogP contribution in [0.2, 0.25) is 5.02 Å². The molecule has 5 heteroatoms. The van der Waals surface area contributed by atoms with Crippen LogP contribution in [0.5, 0.6) is 0 Å². The van der Waals surface area contributed by atoms with E-state index in [1.807, 2.05) is 0 Å². The minimum absolute atomic E-state index is 0.326. The molecule has 1 N–H and O–H groups in total. The van der Waals surface area contributed by atoms with E-state index in [1.165, 1.54) is 18.6 Å². The number of hydrogen-bond acceptors (Lipinski definition) is 2. The molecule has 1 aromatic rings. The molecule has 1 aromatic carbocycles. The number of likely N-dealkylation sites (tertiary alicyclic amines) is 1. The largest absolute Gasteiger partial charge is 0.379 e. The van der Waals surface area contributed by atoms with E-state index in [4.69, 9.17) is 11.6 Å². The summed E-state index contributed by atoms with van der Waals surface area (Å²) in [6.07, 6.45) is 2.29. The number of piperidine rings is 1. The SMILES string of the molecule is CN1CCCC(Nc2c(Cl)cc(F)cc2Br)C1. The fourth-order valence-corrected chi connectivity index (χ4v) is 3.09. The Labute approximate surface area is 114 Å². The Morgan fingerprint density at radius 1 is 1.53 bits per heavy atom. The number of anilines is 1. The lowest BCUT2D eigenvalue weighted by Gasteiger charge is -2.31. The summed E-state index contributed by atoms with van der Waals surface area (Å²) in [5.41, 5.74) is 0.786. The molecule has 1 fully saturated rings. The molecule has 0 spiro atoms.